The molecular weight excluding hydrogens is 232 g/mol. The summed E-state index contributed by atoms with van der Waals surface area (Å²) in [5.41, 5.74) is 4.33. The van der Waals surface area contributed by atoms with Gasteiger partial charge in [0.1, 0.15) is 0 Å². The molecule has 0 saturated heterocycles. The van der Waals surface area contributed by atoms with Crippen LogP contribution in [0.3, 0.4) is 0 Å². The molecule has 0 heterocycles. The number of allylic oxidation sites excluding steroid dienone is 1. The van der Waals surface area contributed by atoms with Crippen LogP contribution >= 0.6 is 0 Å². The number of unbranched alkanes of at least 4 members (excludes halogenated alkanes) is 1. The van der Waals surface area contributed by atoms with Crippen molar-refractivity contribution in [1.29, 1.82) is 0 Å². The van der Waals surface area contributed by atoms with Gasteiger partial charge in [-0.05, 0) is 80.5 Å². The second kappa shape index (κ2) is 4.89. The van der Waals surface area contributed by atoms with Crippen molar-refractivity contribution in [2.75, 3.05) is 0 Å². The standard InChI is InChI=1S/C17H30N2/c1-3-4-5-6-15(19-18)17-10-13-7-14(11-17)9-16(2,8-13)12-17/h3,13-15,19H,1,4-12,18H2,2H3. The van der Waals surface area contributed by atoms with E-state index in [1.807, 2.05) is 6.08 Å². The first-order valence-corrected chi connectivity index (χ1v) is 8.16. The van der Waals surface area contributed by atoms with Crippen LogP contribution in [0.4, 0.5) is 0 Å². The molecule has 4 fully saturated rings. The maximum absolute atomic E-state index is 5.94. The fourth-order valence-electron chi connectivity index (χ4n) is 6.24. The van der Waals surface area contributed by atoms with Crippen LogP contribution in [0.1, 0.15) is 64.7 Å². The summed E-state index contributed by atoms with van der Waals surface area (Å²) < 4.78 is 0. The molecule has 3 atom stereocenters. The predicted molar refractivity (Wildman–Crippen MR) is 80.4 cm³/mol. The Kier molecular flexibility index (Phi) is 3.51. The third-order valence-electron chi connectivity index (χ3n) is 6.24. The second-order valence-electron chi connectivity index (χ2n) is 8.07. The third kappa shape index (κ3) is 2.38. The number of hydrazine groups is 1. The molecule has 0 aromatic rings. The highest BCUT2D eigenvalue weighted by Crippen LogP contribution is 2.66. The molecule has 0 aromatic carbocycles. The summed E-state index contributed by atoms with van der Waals surface area (Å²) in [6.07, 6.45) is 14.4. The van der Waals surface area contributed by atoms with Gasteiger partial charge in [-0.3, -0.25) is 11.3 Å². The fraction of sp³-hybridized carbons (Fsp3) is 0.882. The van der Waals surface area contributed by atoms with Gasteiger partial charge in [0.05, 0.1) is 0 Å². The normalized spacial score (nSPS) is 45.4. The maximum atomic E-state index is 5.94. The molecule has 3 unspecified atom stereocenters. The number of hydrogen-bond acceptors (Lipinski definition) is 2. The van der Waals surface area contributed by atoms with Crippen LogP contribution in [-0.2, 0) is 0 Å². The summed E-state index contributed by atoms with van der Waals surface area (Å²) in [7, 11) is 0. The van der Waals surface area contributed by atoms with Gasteiger partial charge in [-0.25, -0.2) is 0 Å². The molecule has 0 amide bonds. The molecule has 0 aliphatic heterocycles. The minimum Gasteiger partial charge on any atom is -0.271 e. The smallest absolute Gasteiger partial charge is 0.0267 e. The van der Waals surface area contributed by atoms with Gasteiger partial charge in [-0.1, -0.05) is 13.0 Å². The first-order chi connectivity index (χ1) is 9.09. The Morgan fingerprint density at radius 1 is 1.32 bits per heavy atom. The summed E-state index contributed by atoms with van der Waals surface area (Å²) in [5, 5.41) is 0. The second-order valence-corrected chi connectivity index (χ2v) is 8.07. The molecule has 3 N–H and O–H groups in total. The van der Waals surface area contributed by atoms with Gasteiger partial charge in [-0.2, -0.15) is 0 Å². The lowest BCUT2D eigenvalue weighted by atomic mass is 9.43. The molecule has 108 valence electrons. The Labute approximate surface area is 118 Å². The number of nitrogens with two attached hydrogens (primary N) is 1. The first-order valence-electron chi connectivity index (χ1n) is 8.16. The van der Waals surface area contributed by atoms with E-state index in [4.69, 9.17) is 5.84 Å². The van der Waals surface area contributed by atoms with Crippen LogP contribution in [-0.4, -0.2) is 6.04 Å². The van der Waals surface area contributed by atoms with Crippen LogP contribution in [0.5, 0.6) is 0 Å². The Morgan fingerprint density at radius 2 is 2.00 bits per heavy atom. The zero-order chi connectivity index (χ0) is 13.5. The summed E-state index contributed by atoms with van der Waals surface area (Å²) in [4.78, 5) is 0. The summed E-state index contributed by atoms with van der Waals surface area (Å²) in [5.74, 6) is 7.92. The average molecular weight is 262 g/mol. The molecule has 0 spiro atoms. The first kappa shape index (κ1) is 13.6. The molecule has 4 rings (SSSR count). The highest BCUT2D eigenvalue weighted by molar-refractivity contribution is 5.09. The lowest BCUT2D eigenvalue weighted by molar-refractivity contribution is -0.119. The molecule has 4 aliphatic carbocycles. The van der Waals surface area contributed by atoms with Crippen molar-refractivity contribution in [3.8, 4) is 0 Å². The van der Waals surface area contributed by atoms with E-state index in [1.54, 1.807) is 0 Å². The number of rotatable bonds is 6. The van der Waals surface area contributed by atoms with Crippen molar-refractivity contribution in [2.24, 2.45) is 28.5 Å². The van der Waals surface area contributed by atoms with Gasteiger partial charge >= 0.3 is 0 Å². The van der Waals surface area contributed by atoms with Gasteiger partial charge < -0.3 is 0 Å². The molecule has 4 aliphatic rings. The van der Waals surface area contributed by atoms with Gasteiger partial charge in [-0.15, -0.1) is 6.58 Å². The largest absolute Gasteiger partial charge is 0.271 e. The van der Waals surface area contributed by atoms with Crippen molar-refractivity contribution in [2.45, 2.75) is 70.8 Å². The average Bonchev–Trinajstić information content (AvgIpc) is 2.31. The predicted octanol–water partition coefficient (Wildman–Crippen LogP) is 3.78. The number of hydrogen-bond donors (Lipinski definition) is 2. The molecule has 19 heavy (non-hydrogen) atoms. The van der Waals surface area contributed by atoms with Crippen LogP contribution in [0, 0.1) is 22.7 Å². The molecule has 0 radical (unpaired) electrons. The van der Waals surface area contributed by atoms with E-state index < -0.39 is 0 Å². The van der Waals surface area contributed by atoms with Crippen molar-refractivity contribution in [3.63, 3.8) is 0 Å². The SMILES string of the molecule is C=CCCCC(NN)C12CC3CC(CC(C)(C3)C1)C2. The quantitative estimate of drug-likeness (QED) is 0.331. The molecule has 4 saturated carbocycles. The van der Waals surface area contributed by atoms with E-state index in [0.717, 1.165) is 18.3 Å². The van der Waals surface area contributed by atoms with E-state index in [0.29, 0.717) is 16.9 Å². The van der Waals surface area contributed by atoms with Gasteiger partial charge in [0, 0.05) is 6.04 Å². The van der Waals surface area contributed by atoms with Crippen molar-refractivity contribution < 1.29 is 0 Å². The van der Waals surface area contributed by atoms with E-state index in [-0.39, 0.29) is 0 Å². The Balaban J connectivity index is 1.75. The van der Waals surface area contributed by atoms with Crippen LogP contribution in [0.15, 0.2) is 12.7 Å². The zero-order valence-corrected chi connectivity index (χ0v) is 12.5. The maximum Gasteiger partial charge on any atom is 0.0267 e. The Hall–Kier alpha value is -0.340. The zero-order valence-electron chi connectivity index (χ0n) is 12.5. The Morgan fingerprint density at radius 3 is 2.53 bits per heavy atom. The summed E-state index contributed by atoms with van der Waals surface area (Å²) >= 11 is 0. The number of nitrogens with one attached hydrogen (secondary N) is 1. The highest BCUT2D eigenvalue weighted by atomic mass is 15.2. The molecule has 2 heteroatoms. The van der Waals surface area contributed by atoms with Crippen molar-refractivity contribution >= 4 is 0 Å². The van der Waals surface area contributed by atoms with Gasteiger partial charge in [0.15, 0.2) is 0 Å². The lowest BCUT2D eigenvalue weighted by Gasteiger charge is -2.63. The molecule has 4 bridgehead atoms. The van der Waals surface area contributed by atoms with Crippen molar-refractivity contribution in [1.82, 2.24) is 5.43 Å². The van der Waals surface area contributed by atoms with E-state index in [1.165, 1.54) is 51.4 Å². The highest BCUT2D eigenvalue weighted by Gasteiger charge is 2.57. The van der Waals surface area contributed by atoms with Crippen molar-refractivity contribution in [3.05, 3.63) is 12.7 Å². The van der Waals surface area contributed by atoms with Gasteiger partial charge in [0.25, 0.3) is 0 Å². The van der Waals surface area contributed by atoms with E-state index in [2.05, 4.69) is 18.9 Å². The molecule has 2 nitrogen and oxygen atoms in total. The van der Waals surface area contributed by atoms with Crippen LogP contribution in [0.2, 0.25) is 0 Å². The Bertz CT molecular complexity index is 335. The van der Waals surface area contributed by atoms with Gasteiger partial charge in [0.2, 0.25) is 0 Å². The minimum absolute atomic E-state index is 0.509. The summed E-state index contributed by atoms with van der Waals surface area (Å²) in [6, 6.07) is 0.526. The van der Waals surface area contributed by atoms with E-state index >= 15 is 0 Å². The van der Waals surface area contributed by atoms with Crippen LogP contribution in [0.25, 0.3) is 0 Å². The lowest BCUT2D eigenvalue weighted by Crippen LogP contribution is -2.59. The summed E-state index contributed by atoms with van der Waals surface area (Å²) in [6.45, 7) is 6.37. The monoisotopic (exact) mass is 262 g/mol. The topological polar surface area (TPSA) is 38.0 Å². The van der Waals surface area contributed by atoms with Crippen LogP contribution < -0.4 is 11.3 Å². The fourth-order valence-corrected chi connectivity index (χ4v) is 6.24. The molecule has 0 aromatic heterocycles. The minimum atomic E-state index is 0.509. The third-order valence-corrected chi connectivity index (χ3v) is 6.24. The molecular formula is C17H30N2. The van der Waals surface area contributed by atoms with E-state index in [9.17, 15) is 0 Å².